The summed E-state index contributed by atoms with van der Waals surface area (Å²) in [5, 5.41) is 0. The van der Waals surface area contributed by atoms with Crippen LogP contribution in [0.15, 0.2) is 12.1 Å². The average molecular weight is 206 g/mol. The number of nitrogen functional groups attached to an aromatic ring is 1. The van der Waals surface area contributed by atoms with Crippen molar-refractivity contribution in [2.24, 2.45) is 5.73 Å². The zero-order chi connectivity index (χ0) is 11.4. The molecular weight excluding hydrogens is 192 g/mol. The third-order valence-electron chi connectivity index (χ3n) is 2.36. The van der Waals surface area contributed by atoms with Gasteiger partial charge < -0.3 is 11.5 Å². The van der Waals surface area contributed by atoms with Crippen LogP contribution < -0.4 is 11.5 Å². The van der Waals surface area contributed by atoms with Crippen LogP contribution in [-0.2, 0) is 0 Å². The van der Waals surface area contributed by atoms with Crippen molar-refractivity contribution >= 4 is 17.8 Å². The van der Waals surface area contributed by atoms with Gasteiger partial charge in [-0.15, -0.1) is 0 Å². The standard InChI is InChI=1S/C11H14N2O2/c1-7-8(6-14)2-3-9(11(7)13)10(15)4-5-12/h2-3,6H,4-5,12-13H2,1H3. The molecule has 0 atom stereocenters. The highest BCUT2D eigenvalue weighted by Crippen LogP contribution is 2.21. The van der Waals surface area contributed by atoms with Crippen LogP contribution in [0.4, 0.5) is 5.69 Å². The summed E-state index contributed by atoms with van der Waals surface area (Å²) >= 11 is 0. The van der Waals surface area contributed by atoms with Gasteiger partial charge in [0.2, 0.25) is 0 Å². The normalized spacial score (nSPS) is 10.0. The molecule has 4 nitrogen and oxygen atoms in total. The van der Waals surface area contributed by atoms with Crippen LogP contribution in [0.5, 0.6) is 0 Å². The number of ketones is 1. The lowest BCUT2D eigenvalue weighted by Gasteiger charge is -2.08. The Labute approximate surface area is 88.3 Å². The maximum absolute atomic E-state index is 11.6. The summed E-state index contributed by atoms with van der Waals surface area (Å²) in [5.41, 5.74) is 13.0. The maximum atomic E-state index is 11.6. The molecule has 1 aromatic rings. The van der Waals surface area contributed by atoms with Crippen LogP contribution in [0.1, 0.15) is 32.7 Å². The minimum absolute atomic E-state index is 0.0875. The number of carbonyl (C=O) groups is 2. The SMILES string of the molecule is Cc1c(C=O)ccc(C(=O)CCN)c1N. The zero-order valence-corrected chi connectivity index (χ0v) is 8.62. The van der Waals surface area contributed by atoms with E-state index in [-0.39, 0.29) is 12.2 Å². The van der Waals surface area contributed by atoms with E-state index in [0.717, 1.165) is 6.29 Å². The van der Waals surface area contributed by atoms with Crippen LogP contribution in [0.3, 0.4) is 0 Å². The monoisotopic (exact) mass is 206 g/mol. The largest absolute Gasteiger partial charge is 0.398 e. The molecule has 0 aliphatic carbocycles. The highest BCUT2D eigenvalue weighted by atomic mass is 16.1. The summed E-state index contributed by atoms with van der Waals surface area (Å²) in [6.45, 7) is 2.02. The van der Waals surface area contributed by atoms with E-state index in [1.807, 2.05) is 0 Å². The van der Waals surface area contributed by atoms with E-state index in [9.17, 15) is 9.59 Å². The number of carbonyl (C=O) groups excluding carboxylic acids is 2. The van der Waals surface area contributed by atoms with Crippen molar-refractivity contribution in [1.82, 2.24) is 0 Å². The van der Waals surface area contributed by atoms with Crippen LogP contribution in [-0.4, -0.2) is 18.6 Å². The molecule has 0 saturated carbocycles. The quantitative estimate of drug-likeness (QED) is 0.435. The number of aldehydes is 1. The second-order valence-corrected chi connectivity index (χ2v) is 3.32. The van der Waals surface area contributed by atoms with Gasteiger partial charge in [-0.25, -0.2) is 0 Å². The lowest BCUT2D eigenvalue weighted by Crippen LogP contribution is -2.11. The van der Waals surface area contributed by atoms with Crippen LogP contribution >= 0.6 is 0 Å². The summed E-state index contributed by atoms with van der Waals surface area (Å²) < 4.78 is 0. The molecule has 0 heterocycles. The number of anilines is 1. The first-order chi connectivity index (χ1) is 7.11. The Bertz CT molecular complexity index is 400. The van der Waals surface area contributed by atoms with Gasteiger partial charge in [0.15, 0.2) is 5.78 Å². The molecular formula is C11H14N2O2. The van der Waals surface area contributed by atoms with Crippen molar-refractivity contribution in [3.8, 4) is 0 Å². The van der Waals surface area contributed by atoms with Gasteiger partial charge in [0.1, 0.15) is 6.29 Å². The first-order valence-corrected chi connectivity index (χ1v) is 4.69. The Kier molecular flexibility index (Phi) is 3.57. The molecule has 4 N–H and O–H groups in total. The van der Waals surface area contributed by atoms with E-state index >= 15 is 0 Å². The molecule has 1 aromatic carbocycles. The van der Waals surface area contributed by atoms with Crippen molar-refractivity contribution < 1.29 is 9.59 Å². The predicted molar refractivity (Wildman–Crippen MR) is 59.0 cm³/mol. The Morgan fingerprint density at radius 3 is 2.67 bits per heavy atom. The molecule has 0 fully saturated rings. The molecule has 0 aliphatic heterocycles. The molecule has 80 valence electrons. The fourth-order valence-corrected chi connectivity index (χ4v) is 1.38. The maximum Gasteiger partial charge on any atom is 0.166 e. The molecule has 4 heteroatoms. The lowest BCUT2D eigenvalue weighted by atomic mass is 9.99. The van der Waals surface area contributed by atoms with Crippen molar-refractivity contribution in [1.29, 1.82) is 0 Å². The third-order valence-corrected chi connectivity index (χ3v) is 2.36. The van der Waals surface area contributed by atoms with Crippen molar-refractivity contribution in [2.45, 2.75) is 13.3 Å². The average Bonchev–Trinajstić information content (AvgIpc) is 2.22. The Hall–Kier alpha value is -1.68. The van der Waals surface area contributed by atoms with Gasteiger partial charge in [-0.2, -0.15) is 0 Å². The third kappa shape index (κ3) is 2.22. The zero-order valence-electron chi connectivity index (χ0n) is 8.62. The highest BCUT2D eigenvalue weighted by Gasteiger charge is 2.12. The van der Waals surface area contributed by atoms with E-state index in [1.165, 1.54) is 0 Å². The predicted octanol–water partition coefficient (Wildman–Crippen LogP) is 0.921. The molecule has 0 bridgehead atoms. The van der Waals surface area contributed by atoms with Crippen LogP contribution in [0.2, 0.25) is 0 Å². The summed E-state index contributed by atoms with van der Waals surface area (Å²) in [5.74, 6) is -0.0875. The van der Waals surface area contributed by atoms with Crippen molar-refractivity contribution in [3.05, 3.63) is 28.8 Å². The van der Waals surface area contributed by atoms with Crippen molar-refractivity contribution in [2.75, 3.05) is 12.3 Å². The highest BCUT2D eigenvalue weighted by molar-refractivity contribution is 6.02. The van der Waals surface area contributed by atoms with E-state index in [2.05, 4.69) is 0 Å². The number of benzene rings is 1. The van der Waals surface area contributed by atoms with Crippen molar-refractivity contribution in [3.63, 3.8) is 0 Å². The van der Waals surface area contributed by atoms with Gasteiger partial charge in [-0.1, -0.05) is 6.07 Å². The van der Waals surface area contributed by atoms with Gasteiger partial charge in [-0.3, -0.25) is 9.59 Å². The molecule has 0 aliphatic rings. The van der Waals surface area contributed by atoms with Gasteiger partial charge in [0.25, 0.3) is 0 Å². The Balaban J connectivity index is 3.17. The Morgan fingerprint density at radius 1 is 1.47 bits per heavy atom. The molecule has 0 unspecified atom stereocenters. The van der Waals surface area contributed by atoms with Gasteiger partial charge >= 0.3 is 0 Å². The Morgan fingerprint density at radius 2 is 2.13 bits per heavy atom. The summed E-state index contributed by atoms with van der Waals surface area (Å²) in [7, 11) is 0. The number of hydrogen-bond donors (Lipinski definition) is 2. The first kappa shape index (κ1) is 11.4. The fourth-order valence-electron chi connectivity index (χ4n) is 1.38. The first-order valence-electron chi connectivity index (χ1n) is 4.69. The van der Waals surface area contributed by atoms with Crippen LogP contribution in [0.25, 0.3) is 0 Å². The molecule has 0 spiro atoms. The molecule has 15 heavy (non-hydrogen) atoms. The minimum atomic E-state index is -0.0875. The lowest BCUT2D eigenvalue weighted by molar-refractivity contribution is 0.0985. The number of Topliss-reactive ketones (excluding diaryl/α,β-unsaturated/α-hetero) is 1. The molecule has 0 saturated heterocycles. The van der Waals surface area contributed by atoms with E-state index < -0.39 is 0 Å². The summed E-state index contributed by atoms with van der Waals surface area (Å²) in [4.78, 5) is 22.2. The second kappa shape index (κ2) is 4.70. The second-order valence-electron chi connectivity index (χ2n) is 3.32. The number of hydrogen-bond acceptors (Lipinski definition) is 4. The molecule has 0 aromatic heterocycles. The topological polar surface area (TPSA) is 86.2 Å². The van der Waals surface area contributed by atoms with E-state index in [4.69, 9.17) is 11.5 Å². The van der Waals surface area contributed by atoms with Gasteiger partial charge in [-0.05, 0) is 25.1 Å². The van der Waals surface area contributed by atoms with Gasteiger partial charge in [0.05, 0.1) is 0 Å². The van der Waals surface area contributed by atoms with E-state index in [1.54, 1.807) is 19.1 Å². The molecule has 0 amide bonds. The number of rotatable bonds is 4. The molecule has 1 rings (SSSR count). The smallest absolute Gasteiger partial charge is 0.166 e. The molecule has 0 radical (unpaired) electrons. The summed E-state index contributed by atoms with van der Waals surface area (Å²) in [6.07, 6.45) is 0.993. The van der Waals surface area contributed by atoms with E-state index in [0.29, 0.717) is 28.9 Å². The number of nitrogens with two attached hydrogens (primary N) is 2. The summed E-state index contributed by atoms with van der Waals surface area (Å²) in [6, 6.07) is 3.17. The minimum Gasteiger partial charge on any atom is -0.398 e. The van der Waals surface area contributed by atoms with Crippen LogP contribution in [0, 0.1) is 6.92 Å². The van der Waals surface area contributed by atoms with Gasteiger partial charge in [0, 0.05) is 23.2 Å². The fraction of sp³-hybridized carbons (Fsp3) is 0.273.